The number of rotatable bonds is 6. The van der Waals surface area contributed by atoms with Crippen molar-refractivity contribution < 1.29 is 28.5 Å². The first-order valence-corrected chi connectivity index (χ1v) is 9.27. The van der Waals surface area contributed by atoms with Crippen LogP contribution in [-0.4, -0.2) is 38.3 Å². The molecule has 0 saturated carbocycles. The summed E-state index contributed by atoms with van der Waals surface area (Å²) in [6, 6.07) is 10.1. The van der Waals surface area contributed by atoms with Gasteiger partial charge in [-0.1, -0.05) is 17.7 Å². The molecule has 1 N–H and O–H groups in total. The van der Waals surface area contributed by atoms with Gasteiger partial charge in [-0.3, -0.25) is 4.79 Å². The summed E-state index contributed by atoms with van der Waals surface area (Å²) in [7, 11) is 1.50. The van der Waals surface area contributed by atoms with Gasteiger partial charge in [-0.2, -0.15) is 0 Å². The molecule has 1 aliphatic rings. The van der Waals surface area contributed by atoms with Crippen LogP contribution in [0.3, 0.4) is 0 Å². The first-order chi connectivity index (χ1) is 14.0. The van der Waals surface area contributed by atoms with Crippen LogP contribution in [-0.2, 0) is 14.3 Å². The maximum absolute atomic E-state index is 12.2. The smallest absolute Gasteiger partial charge is 0.331 e. The van der Waals surface area contributed by atoms with Crippen LogP contribution in [0.5, 0.6) is 17.2 Å². The Morgan fingerprint density at radius 3 is 2.62 bits per heavy atom. The molecule has 0 fully saturated rings. The third kappa shape index (κ3) is 5.42. The van der Waals surface area contributed by atoms with Gasteiger partial charge in [0.25, 0.3) is 5.91 Å². The molecule has 0 unspecified atom stereocenters. The summed E-state index contributed by atoms with van der Waals surface area (Å²) in [5.74, 6) is 0.661. The molecule has 1 aliphatic heterocycles. The van der Waals surface area contributed by atoms with E-state index >= 15 is 0 Å². The van der Waals surface area contributed by atoms with E-state index in [4.69, 9.17) is 30.5 Å². The molecule has 29 heavy (non-hydrogen) atoms. The minimum absolute atomic E-state index is 0.359. The van der Waals surface area contributed by atoms with Gasteiger partial charge < -0.3 is 24.3 Å². The lowest BCUT2D eigenvalue weighted by atomic mass is 10.2. The molecule has 2 aromatic rings. The van der Waals surface area contributed by atoms with Crippen molar-refractivity contribution >= 4 is 35.2 Å². The number of carbonyl (C=O) groups excluding carboxylic acids is 2. The molecule has 152 valence electrons. The number of nitrogens with one attached hydrogen (secondary N) is 1. The number of ether oxygens (including phenoxy) is 4. The van der Waals surface area contributed by atoms with Crippen LogP contribution in [0, 0.1) is 0 Å². The number of esters is 1. The fraction of sp³-hybridized carbons (Fsp3) is 0.238. The van der Waals surface area contributed by atoms with Crippen molar-refractivity contribution in [3.8, 4) is 17.2 Å². The number of methoxy groups -OCH3 is 1. The standard InChI is InChI=1S/C21H20ClNO6/c1-13(21(25)23-15-5-7-17(26-2)16(22)12-15)29-20(24)8-4-14-3-6-18-19(11-14)28-10-9-27-18/h3-8,11-13H,9-10H2,1-2H3,(H,23,25)/b8-4+/t13-/m0/s1. The average Bonchev–Trinajstić information content (AvgIpc) is 2.72. The number of fused-ring (bicyclic) bond motifs is 1. The lowest BCUT2D eigenvalue weighted by Crippen LogP contribution is -2.29. The molecular weight excluding hydrogens is 398 g/mol. The lowest BCUT2D eigenvalue weighted by molar-refractivity contribution is -0.148. The van der Waals surface area contributed by atoms with Crippen LogP contribution in [0.25, 0.3) is 6.08 Å². The van der Waals surface area contributed by atoms with Crippen LogP contribution < -0.4 is 19.5 Å². The van der Waals surface area contributed by atoms with Gasteiger partial charge >= 0.3 is 5.97 Å². The number of carbonyl (C=O) groups is 2. The lowest BCUT2D eigenvalue weighted by Gasteiger charge is -2.18. The molecule has 2 aromatic carbocycles. The number of hydrogen-bond acceptors (Lipinski definition) is 6. The molecular formula is C21H20ClNO6. The first-order valence-electron chi connectivity index (χ1n) is 8.89. The molecule has 7 nitrogen and oxygen atoms in total. The summed E-state index contributed by atoms with van der Waals surface area (Å²) in [6.45, 7) is 2.47. The van der Waals surface area contributed by atoms with E-state index in [1.807, 2.05) is 0 Å². The average molecular weight is 418 g/mol. The normalized spacial score (nSPS) is 13.6. The zero-order valence-corrected chi connectivity index (χ0v) is 16.7. The van der Waals surface area contributed by atoms with Gasteiger partial charge in [0.15, 0.2) is 17.6 Å². The summed E-state index contributed by atoms with van der Waals surface area (Å²) in [5, 5.41) is 3.00. The van der Waals surface area contributed by atoms with Crippen molar-refractivity contribution in [3.63, 3.8) is 0 Å². The highest BCUT2D eigenvalue weighted by atomic mass is 35.5. The summed E-state index contributed by atoms with van der Waals surface area (Å²) in [6.07, 6.45) is 1.83. The van der Waals surface area contributed by atoms with Crippen LogP contribution >= 0.6 is 11.6 Å². The van der Waals surface area contributed by atoms with Crippen molar-refractivity contribution in [1.82, 2.24) is 0 Å². The van der Waals surface area contributed by atoms with Gasteiger partial charge in [0.05, 0.1) is 12.1 Å². The topological polar surface area (TPSA) is 83.1 Å². The summed E-state index contributed by atoms with van der Waals surface area (Å²) in [4.78, 5) is 24.3. The second-order valence-electron chi connectivity index (χ2n) is 6.15. The second-order valence-corrected chi connectivity index (χ2v) is 6.56. The van der Waals surface area contributed by atoms with Gasteiger partial charge in [-0.25, -0.2) is 4.79 Å². The Labute approximate surface area is 173 Å². The fourth-order valence-electron chi connectivity index (χ4n) is 2.58. The molecule has 0 aliphatic carbocycles. The molecule has 0 radical (unpaired) electrons. The number of halogens is 1. The zero-order chi connectivity index (χ0) is 20.8. The Kier molecular flexibility index (Phi) is 6.61. The van der Waals surface area contributed by atoms with E-state index in [1.165, 1.54) is 20.1 Å². The third-order valence-corrected chi connectivity index (χ3v) is 4.35. The summed E-state index contributed by atoms with van der Waals surface area (Å²) in [5.41, 5.74) is 1.21. The minimum Gasteiger partial charge on any atom is -0.495 e. The number of hydrogen-bond donors (Lipinski definition) is 1. The highest BCUT2D eigenvalue weighted by molar-refractivity contribution is 6.32. The predicted molar refractivity (Wildman–Crippen MR) is 109 cm³/mol. The van der Waals surface area contributed by atoms with E-state index in [-0.39, 0.29) is 0 Å². The molecule has 0 aromatic heterocycles. The van der Waals surface area contributed by atoms with Crippen molar-refractivity contribution in [2.75, 3.05) is 25.6 Å². The van der Waals surface area contributed by atoms with Crippen LogP contribution in [0.15, 0.2) is 42.5 Å². The Hall–Kier alpha value is -3.19. The van der Waals surface area contributed by atoms with E-state index in [0.717, 1.165) is 5.56 Å². The third-order valence-electron chi connectivity index (χ3n) is 4.06. The molecule has 1 atom stereocenters. The number of benzene rings is 2. The van der Waals surface area contributed by atoms with Gasteiger partial charge in [0.2, 0.25) is 0 Å². The SMILES string of the molecule is COc1ccc(NC(=O)[C@H](C)OC(=O)/C=C/c2ccc3c(c2)OCCO3)cc1Cl. The summed E-state index contributed by atoms with van der Waals surface area (Å²) >= 11 is 6.03. The quantitative estimate of drug-likeness (QED) is 0.570. The first kappa shape index (κ1) is 20.5. The highest BCUT2D eigenvalue weighted by Gasteiger charge is 2.17. The zero-order valence-electron chi connectivity index (χ0n) is 15.9. The van der Waals surface area contributed by atoms with Gasteiger partial charge in [-0.05, 0) is 48.9 Å². The molecule has 0 bridgehead atoms. The van der Waals surface area contributed by atoms with E-state index in [2.05, 4.69) is 5.32 Å². The maximum atomic E-state index is 12.2. The van der Waals surface area contributed by atoms with E-state index in [9.17, 15) is 9.59 Å². The molecule has 1 amide bonds. The van der Waals surface area contributed by atoms with Gasteiger partial charge in [-0.15, -0.1) is 0 Å². The van der Waals surface area contributed by atoms with Crippen LogP contribution in [0.4, 0.5) is 5.69 Å². The summed E-state index contributed by atoms with van der Waals surface area (Å²) < 4.78 is 21.2. The highest BCUT2D eigenvalue weighted by Crippen LogP contribution is 2.31. The Bertz CT molecular complexity index is 943. The van der Waals surface area contributed by atoms with E-state index in [0.29, 0.717) is 41.2 Å². The minimum atomic E-state index is -0.992. The Morgan fingerprint density at radius 1 is 1.14 bits per heavy atom. The molecule has 3 rings (SSSR count). The fourth-order valence-corrected chi connectivity index (χ4v) is 2.84. The monoisotopic (exact) mass is 417 g/mol. The molecule has 0 spiro atoms. The maximum Gasteiger partial charge on any atom is 0.331 e. The van der Waals surface area contributed by atoms with Crippen molar-refractivity contribution in [2.45, 2.75) is 13.0 Å². The van der Waals surface area contributed by atoms with E-state index < -0.39 is 18.0 Å². The largest absolute Gasteiger partial charge is 0.495 e. The van der Waals surface area contributed by atoms with Gasteiger partial charge in [0, 0.05) is 11.8 Å². The Balaban J connectivity index is 1.55. The van der Waals surface area contributed by atoms with Crippen LogP contribution in [0.2, 0.25) is 5.02 Å². The molecule has 8 heteroatoms. The Morgan fingerprint density at radius 2 is 1.90 bits per heavy atom. The van der Waals surface area contributed by atoms with E-state index in [1.54, 1.807) is 42.5 Å². The van der Waals surface area contributed by atoms with Crippen molar-refractivity contribution in [1.29, 1.82) is 0 Å². The second kappa shape index (κ2) is 9.34. The molecule has 0 saturated heterocycles. The van der Waals surface area contributed by atoms with Crippen molar-refractivity contribution in [2.24, 2.45) is 0 Å². The van der Waals surface area contributed by atoms with Crippen LogP contribution in [0.1, 0.15) is 12.5 Å². The number of anilines is 1. The number of amides is 1. The van der Waals surface area contributed by atoms with Gasteiger partial charge in [0.1, 0.15) is 19.0 Å². The predicted octanol–water partition coefficient (Wildman–Crippen LogP) is 3.70. The van der Waals surface area contributed by atoms with Crippen molar-refractivity contribution in [3.05, 3.63) is 53.1 Å². The molecule has 1 heterocycles.